The van der Waals surface area contributed by atoms with Gasteiger partial charge in [0.2, 0.25) is 4.96 Å². The molecule has 3 heterocycles. The Morgan fingerprint density at radius 2 is 2.22 bits per heavy atom. The Morgan fingerprint density at radius 1 is 1.44 bits per heavy atom. The van der Waals surface area contributed by atoms with Crippen LogP contribution < -0.4 is 10.9 Å². The molecule has 0 aromatic carbocycles. The first kappa shape index (κ1) is 11.8. The van der Waals surface area contributed by atoms with E-state index >= 15 is 0 Å². The monoisotopic (exact) mass is 265 g/mol. The number of piperazine rings is 1. The van der Waals surface area contributed by atoms with Gasteiger partial charge >= 0.3 is 0 Å². The van der Waals surface area contributed by atoms with Crippen LogP contribution in [0.15, 0.2) is 10.9 Å². The molecule has 0 bridgehead atoms. The predicted octanol–water partition coefficient (Wildman–Crippen LogP) is -0.135. The van der Waals surface area contributed by atoms with Crippen LogP contribution in [0.3, 0.4) is 0 Å². The lowest BCUT2D eigenvalue weighted by Crippen LogP contribution is -2.43. The smallest absolute Gasteiger partial charge is 0.275 e. The molecule has 0 spiro atoms. The topological polar surface area (TPSA) is 62.5 Å². The van der Waals surface area contributed by atoms with Crippen molar-refractivity contribution >= 4 is 16.3 Å². The number of fused-ring (bicyclic) bond motifs is 1. The first-order chi connectivity index (χ1) is 8.72. The molecule has 0 radical (unpaired) electrons. The first-order valence-corrected chi connectivity index (χ1v) is 6.83. The van der Waals surface area contributed by atoms with Crippen molar-refractivity contribution in [3.05, 3.63) is 27.1 Å². The second-order valence-electron chi connectivity index (χ2n) is 4.43. The number of hydrogen-bond acceptors (Lipinski definition) is 6. The number of nitrogens with zero attached hydrogens (tertiary/aromatic N) is 4. The third-order valence-corrected chi connectivity index (χ3v) is 3.82. The summed E-state index contributed by atoms with van der Waals surface area (Å²) in [7, 11) is 0. The molecule has 0 atom stereocenters. The highest BCUT2D eigenvalue weighted by Crippen LogP contribution is 2.10. The molecule has 18 heavy (non-hydrogen) atoms. The molecule has 96 valence electrons. The second kappa shape index (κ2) is 4.75. The fourth-order valence-corrected chi connectivity index (χ4v) is 2.90. The third kappa shape index (κ3) is 2.29. The number of nitrogens with one attached hydrogen (secondary N) is 1. The molecule has 7 heteroatoms. The molecule has 0 saturated carbocycles. The quantitative estimate of drug-likeness (QED) is 0.819. The summed E-state index contributed by atoms with van der Waals surface area (Å²) in [5.74, 6) is 0. The van der Waals surface area contributed by atoms with Gasteiger partial charge in [0.25, 0.3) is 5.56 Å². The third-order valence-electron chi connectivity index (χ3n) is 2.99. The maximum atomic E-state index is 11.9. The lowest BCUT2D eigenvalue weighted by molar-refractivity contribution is 0.231. The molecule has 0 unspecified atom stereocenters. The van der Waals surface area contributed by atoms with Crippen molar-refractivity contribution in [2.45, 2.75) is 13.5 Å². The highest BCUT2D eigenvalue weighted by Gasteiger charge is 2.12. The molecular formula is C11H15N5OS. The van der Waals surface area contributed by atoms with Crippen LogP contribution in [0.25, 0.3) is 4.96 Å². The van der Waals surface area contributed by atoms with E-state index in [1.165, 1.54) is 15.9 Å². The lowest BCUT2D eigenvalue weighted by Gasteiger charge is -2.26. The van der Waals surface area contributed by atoms with Gasteiger partial charge < -0.3 is 5.32 Å². The fourth-order valence-electron chi connectivity index (χ4n) is 2.13. The molecule has 1 aliphatic heterocycles. The van der Waals surface area contributed by atoms with E-state index < -0.39 is 0 Å². The van der Waals surface area contributed by atoms with Crippen molar-refractivity contribution in [2.75, 3.05) is 26.2 Å². The maximum absolute atomic E-state index is 11.9. The van der Waals surface area contributed by atoms with Crippen LogP contribution in [-0.2, 0) is 6.54 Å². The van der Waals surface area contributed by atoms with Gasteiger partial charge in [-0.15, -0.1) is 0 Å². The first-order valence-electron chi connectivity index (χ1n) is 6.02. The Labute approximate surface area is 108 Å². The molecule has 0 aliphatic carbocycles. The van der Waals surface area contributed by atoms with Crippen molar-refractivity contribution in [3.8, 4) is 0 Å². The Kier molecular flexibility index (Phi) is 3.11. The van der Waals surface area contributed by atoms with E-state index in [0.717, 1.165) is 43.4 Å². The van der Waals surface area contributed by atoms with E-state index in [1.54, 1.807) is 6.07 Å². The molecular weight excluding hydrogens is 250 g/mol. The van der Waals surface area contributed by atoms with Gasteiger partial charge in [-0.05, 0) is 6.92 Å². The average Bonchev–Trinajstić information content (AvgIpc) is 2.72. The van der Waals surface area contributed by atoms with Gasteiger partial charge in [0.15, 0.2) is 0 Å². The zero-order valence-corrected chi connectivity index (χ0v) is 11.0. The number of hydrogen-bond donors (Lipinski definition) is 1. The van der Waals surface area contributed by atoms with E-state index in [4.69, 9.17) is 0 Å². The summed E-state index contributed by atoms with van der Waals surface area (Å²) in [5.41, 5.74) is 0.750. The van der Waals surface area contributed by atoms with Crippen molar-refractivity contribution in [1.29, 1.82) is 0 Å². The summed E-state index contributed by atoms with van der Waals surface area (Å²) >= 11 is 1.45. The fraction of sp³-hybridized carbons (Fsp3) is 0.545. The van der Waals surface area contributed by atoms with Gasteiger partial charge in [-0.3, -0.25) is 9.69 Å². The standard InChI is InChI=1S/C11H15N5OS/c1-8-14-16-10(17)6-9(13-11(16)18-8)7-15-4-2-12-3-5-15/h6,12H,2-5,7H2,1H3. The number of aromatic nitrogens is 3. The molecule has 1 N–H and O–H groups in total. The van der Waals surface area contributed by atoms with Crippen molar-refractivity contribution in [1.82, 2.24) is 24.8 Å². The molecule has 2 aromatic heterocycles. The Hall–Kier alpha value is -1.31. The van der Waals surface area contributed by atoms with Gasteiger partial charge in [0.1, 0.15) is 5.01 Å². The molecule has 6 nitrogen and oxygen atoms in total. The van der Waals surface area contributed by atoms with Crippen LogP contribution in [0.5, 0.6) is 0 Å². The van der Waals surface area contributed by atoms with Gasteiger partial charge in [-0.2, -0.15) is 9.61 Å². The summed E-state index contributed by atoms with van der Waals surface area (Å²) in [6.45, 7) is 6.63. The molecule has 3 rings (SSSR count). The molecule has 1 aliphatic rings. The Balaban J connectivity index is 1.89. The lowest BCUT2D eigenvalue weighted by atomic mass is 10.3. The molecule has 0 amide bonds. The molecule has 2 aromatic rings. The summed E-state index contributed by atoms with van der Waals surface area (Å²) in [4.78, 5) is 19.4. The average molecular weight is 265 g/mol. The van der Waals surface area contributed by atoms with Gasteiger partial charge in [-0.25, -0.2) is 4.98 Å². The minimum atomic E-state index is -0.0884. The van der Waals surface area contributed by atoms with E-state index in [0.29, 0.717) is 4.96 Å². The van der Waals surface area contributed by atoms with Gasteiger partial charge in [0, 0.05) is 38.8 Å². The van der Waals surface area contributed by atoms with Crippen LogP contribution >= 0.6 is 11.3 Å². The predicted molar refractivity (Wildman–Crippen MR) is 70.0 cm³/mol. The van der Waals surface area contributed by atoms with Crippen LogP contribution in [0.4, 0.5) is 0 Å². The largest absolute Gasteiger partial charge is 0.314 e. The summed E-state index contributed by atoms with van der Waals surface area (Å²) < 4.78 is 1.38. The number of aryl methyl sites for hydroxylation is 1. The number of rotatable bonds is 2. The SMILES string of the molecule is Cc1nn2c(=O)cc(CN3CCNCC3)nc2s1. The minimum Gasteiger partial charge on any atom is -0.314 e. The molecule has 1 fully saturated rings. The van der Waals surface area contributed by atoms with Crippen LogP contribution in [-0.4, -0.2) is 45.7 Å². The highest BCUT2D eigenvalue weighted by atomic mass is 32.1. The van der Waals surface area contributed by atoms with E-state index in [-0.39, 0.29) is 5.56 Å². The van der Waals surface area contributed by atoms with Crippen molar-refractivity contribution in [2.24, 2.45) is 0 Å². The Morgan fingerprint density at radius 3 is 3.00 bits per heavy atom. The van der Waals surface area contributed by atoms with E-state index in [9.17, 15) is 4.79 Å². The summed E-state index contributed by atoms with van der Waals surface area (Å²) in [5, 5.41) is 8.31. The molecule has 1 saturated heterocycles. The van der Waals surface area contributed by atoms with Crippen LogP contribution in [0.1, 0.15) is 10.7 Å². The van der Waals surface area contributed by atoms with E-state index in [2.05, 4.69) is 20.3 Å². The normalized spacial score (nSPS) is 17.4. The van der Waals surface area contributed by atoms with Gasteiger partial charge in [-0.1, -0.05) is 11.3 Å². The summed E-state index contributed by atoms with van der Waals surface area (Å²) in [6.07, 6.45) is 0. The Bertz CT molecular complexity index is 613. The highest BCUT2D eigenvalue weighted by molar-refractivity contribution is 7.16. The van der Waals surface area contributed by atoms with Crippen LogP contribution in [0, 0.1) is 6.92 Å². The van der Waals surface area contributed by atoms with Crippen molar-refractivity contribution < 1.29 is 0 Å². The van der Waals surface area contributed by atoms with Crippen LogP contribution in [0.2, 0.25) is 0 Å². The second-order valence-corrected chi connectivity index (χ2v) is 5.59. The zero-order chi connectivity index (χ0) is 12.5. The minimum absolute atomic E-state index is 0.0884. The van der Waals surface area contributed by atoms with E-state index in [1.807, 2.05) is 6.92 Å². The summed E-state index contributed by atoms with van der Waals surface area (Å²) in [6, 6.07) is 1.59. The van der Waals surface area contributed by atoms with Gasteiger partial charge in [0.05, 0.1) is 5.69 Å². The van der Waals surface area contributed by atoms with Crippen molar-refractivity contribution in [3.63, 3.8) is 0 Å². The zero-order valence-electron chi connectivity index (χ0n) is 10.2. The maximum Gasteiger partial charge on any atom is 0.275 e.